The predicted molar refractivity (Wildman–Crippen MR) is 91.0 cm³/mol. The lowest BCUT2D eigenvalue weighted by Crippen LogP contribution is -2.43. The molecule has 2 amide bonds. The number of carbonyl (C=O) groups excluding carboxylic acids is 1. The van der Waals surface area contributed by atoms with E-state index in [4.69, 9.17) is 9.15 Å². The van der Waals surface area contributed by atoms with E-state index in [0.29, 0.717) is 18.1 Å². The van der Waals surface area contributed by atoms with Crippen molar-refractivity contribution in [2.45, 2.75) is 32.9 Å². The summed E-state index contributed by atoms with van der Waals surface area (Å²) in [4.78, 5) is 11.9. The second kappa shape index (κ2) is 7.40. The molecule has 0 saturated heterocycles. The van der Waals surface area contributed by atoms with E-state index in [1.54, 1.807) is 33.1 Å². The minimum Gasteiger partial charge on any atom is -0.496 e. The minimum absolute atomic E-state index is 0.0490. The normalized spacial score (nSPS) is 13.2. The fourth-order valence-electron chi connectivity index (χ4n) is 2.36. The molecule has 0 aliphatic carbocycles. The molecule has 0 aliphatic rings. The fraction of sp³-hybridized carbons (Fsp3) is 0.389. The highest BCUT2D eigenvalue weighted by atomic mass is 16.5. The van der Waals surface area contributed by atoms with Crippen LogP contribution in [0.1, 0.15) is 29.6 Å². The highest BCUT2D eigenvalue weighted by Gasteiger charge is 2.27. The molecule has 1 aromatic carbocycles. The van der Waals surface area contributed by atoms with Crippen molar-refractivity contribution < 1.29 is 19.1 Å². The first kappa shape index (κ1) is 17.9. The minimum atomic E-state index is -1.26. The number of amides is 2. The van der Waals surface area contributed by atoms with E-state index in [9.17, 15) is 9.90 Å². The number of aliphatic hydroxyl groups is 1. The molecule has 1 unspecified atom stereocenters. The average molecular weight is 332 g/mol. The number of hydrogen-bond acceptors (Lipinski definition) is 4. The molecule has 2 aromatic rings. The summed E-state index contributed by atoms with van der Waals surface area (Å²) >= 11 is 0. The summed E-state index contributed by atoms with van der Waals surface area (Å²) in [6.45, 7) is 5.78. The van der Waals surface area contributed by atoms with Crippen molar-refractivity contribution in [1.82, 2.24) is 10.6 Å². The summed E-state index contributed by atoms with van der Waals surface area (Å²) in [6, 6.07) is 8.85. The van der Waals surface area contributed by atoms with Gasteiger partial charge in [-0.05, 0) is 50.1 Å². The summed E-state index contributed by atoms with van der Waals surface area (Å²) < 4.78 is 10.6. The van der Waals surface area contributed by atoms with Gasteiger partial charge >= 0.3 is 6.03 Å². The van der Waals surface area contributed by atoms with Crippen LogP contribution in [-0.2, 0) is 12.1 Å². The van der Waals surface area contributed by atoms with Crippen LogP contribution in [0.3, 0.4) is 0 Å². The zero-order chi connectivity index (χ0) is 17.7. The maximum Gasteiger partial charge on any atom is 0.315 e. The molecule has 130 valence electrons. The van der Waals surface area contributed by atoms with Gasteiger partial charge in [-0.3, -0.25) is 0 Å². The molecule has 24 heavy (non-hydrogen) atoms. The van der Waals surface area contributed by atoms with Crippen LogP contribution in [0.25, 0.3) is 0 Å². The van der Waals surface area contributed by atoms with Crippen LogP contribution in [0.2, 0.25) is 0 Å². The summed E-state index contributed by atoms with van der Waals surface area (Å²) in [5.74, 6) is 1.95. The van der Waals surface area contributed by atoms with Gasteiger partial charge in [-0.1, -0.05) is 12.1 Å². The number of aryl methyl sites for hydroxylation is 2. The third kappa shape index (κ3) is 4.52. The number of urea groups is 1. The van der Waals surface area contributed by atoms with Crippen LogP contribution >= 0.6 is 0 Å². The van der Waals surface area contributed by atoms with Gasteiger partial charge in [0.1, 0.15) is 22.9 Å². The Balaban J connectivity index is 1.84. The third-order valence-corrected chi connectivity index (χ3v) is 3.78. The molecule has 0 radical (unpaired) electrons. The van der Waals surface area contributed by atoms with Gasteiger partial charge in [0.05, 0.1) is 13.7 Å². The Morgan fingerprint density at radius 3 is 2.58 bits per heavy atom. The molecule has 0 saturated carbocycles. The maximum atomic E-state index is 11.9. The zero-order valence-electron chi connectivity index (χ0n) is 14.5. The number of carbonyl (C=O) groups is 1. The second-order valence-corrected chi connectivity index (χ2v) is 6.02. The lowest BCUT2D eigenvalue weighted by molar-refractivity contribution is 0.0359. The summed E-state index contributed by atoms with van der Waals surface area (Å²) in [5.41, 5.74) is 0.715. The number of nitrogens with one attached hydrogen (secondary N) is 2. The molecule has 0 fully saturated rings. The quantitative estimate of drug-likeness (QED) is 0.759. The molecule has 6 heteroatoms. The van der Waals surface area contributed by atoms with E-state index in [-0.39, 0.29) is 12.6 Å². The van der Waals surface area contributed by atoms with Crippen LogP contribution in [0.4, 0.5) is 4.79 Å². The lowest BCUT2D eigenvalue weighted by atomic mass is 10.0. The third-order valence-electron chi connectivity index (χ3n) is 3.78. The van der Waals surface area contributed by atoms with E-state index < -0.39 is 5.60 Å². The second-order valence-electron chi connectivity index (χ2n) is 6.02. The standard InChI is InChI=1S/C18H24N2O4/c1-12-9-14(6-7-15(12)23-4)10-19-17(21)20-11-18(3,22)16-8-5-13(2)24-16/h5-9,22H,10-11H2,1-4H3,(H2,19,20,21). The van der Waals surface area contributed by atoms with Crippen molar-refractivity contribution >= 4 is 6.03 Å². The van der Waals surface area contributed by atoms with Gasteiger partial charge in [0, 0.05) is 6.54 Å². The first-order chi connectivity index (χ1) is 11.3. The number of benzene rings is 1. The Bertz CT molecular complexity index is 707. The molecule has 3 N–H and O–H groups in total. The van der Waals surface area contributed by atoms with E-state index in [1.807, 2.05) is 25.1 Å². The van der Waals surface area contributed by atoms with E-state index in [0.717, 1.165) is 16.9 Å². The molecular weight excluding hydrogens is 308 g/mol. The number of methoxy groups -OCH3 is 1. The Kier molecular flexibility index (Phi) is 5.51. The molecule has 0 spiro atoms. The van der Waals surface area contributed by atoms with E-state index in [2.05, 4.69) is 10.6 Å². The largest absolute Gasteiger partial charge is 0.496 e. The van der Waals surface area contributed by atoms with Crippen molar-refractivity contribution in [1.29, 1.82) is 0 Å². The highest BCUT2D eigenvalue weighted by molar-refractivity contribution is 5.73. The van der Waals surface area contributed by atoms with Crippen LogP contribution < -0.4 is 15.4 Å². The smallest absolute Gasteiger partial charge is 0.315 e. The molecule has 6 nitrogen and oxygen atoms in total. The van der Waals surface area contributed by atoms with E-state index >= 15 is 0 Å². The molecular formula is C18H24N2O4. The monoisotopic (exact) mass is 332 g/mol. The van der Waals surface area contributed by atoms with Crippen molar-refractivity contribution in [3.8, 4) is 5.75 Å². The Hall–Kier alpha value is -2.47. The van der Waals surface area contributed by atoms with Gasteiger partial charge in [-0.15, -0.1) is 0 Å². The van der Waals surface area contributed by atoms with Crippen LogP contribution in [0, 0.1) is 13.8 Å². The maximum absolute atomic E-state index is 11.9. The van der Waals surface area contributed by atoms with Crippen molar-refractivity contribution in [2.75, 3.05) is 13.7 Å². The van der Waals surface area contributed by atoms with Gasteiger partial charge in [-0.25, -0.2) is 4.79 Å². The SMILES string of the molecule is COc1ccc(CNC(=O)NCC(C)(O)c2ccc(C)o2)cc1C. The Labute approximate surface area is 141 Å². The summed E-state index contributed by atoms with van der Waals surface area (Å²) in [7, 11) is 1.63. The molecule has 2 rings (SSSR count). The Morgan fingerprint density at radius 2 is 2.00 bits per heavy atom. The molecule has 1 aromatic heterocycles. The average Bonchev–Trinajstić information content (AvgIpc) is 2.98. The van der Waals surface area contributed by atoms with Gasteiger partial charge in [-0.2, -0.15) is 0 Å². The first-order valence-corrected chi connectivity index (χ1v) is 7.76. The topological polar surface area (TPSA) is 83.7 Å². The van der Waals surface area contributed by atoms with Crippen molar-refractivity contribution in [2.24, 2.45) is 0 Å². The van der Waals surface area contributed by atoms with Crippen LogP contribution in [-0.4, -0.2) is 24.8 Å². The first-order valence-electron chi connectivity index (χ1n) is 7.76. The molecule has 1 heterocycles. The van der Waals surface area contributed by atoms with E-state index in [1.165, 1.54) is 0 Å². The van der Waals surface area contributed by atoms with Crippen molar-refractivity contribution in [3.63, 3.8) is 0 Å². The van der Waals surface area contributed by atoms with Crippen LogP contribution in [0.5, 0.6) is 5.75 Å². The number of furan rings is 1. The number of hydrogen-bond donors (Lipinski definition) is 3. The van der Waals surface area contributed by atoms with Crippen molar-refractivity contribution in [3.05, 3.63) is 53.0 Å². The summed E-state index contributed by atoms with van der Waals surface area (Å²) in [6.07, 6.45) is 0. The number of ether oxygens (including phenoxy) is 1. The molecule has 0 bridgehead atoms. The molecule has 0 aliphatic heterocycles. The highest BCUT2D eigenvalue weighted by Crippen LogP contribution is 2.22. The van der Waals surface area contributed by atoms with Gasteiger partial charge < -0.3 is 24.9 Å². The molecule has 1 atom stereocenters. The zero-order valence-corrected chi connectivity index (χ0v) is 14.5. The Morgan fingerprint density at radius 1 is 1.25 bits per heavy atom. The summed E-state index contributed by atoms with van der Waals surface area (Å²) in [5, 5.41) is 15.8. The fourth-order valence-corrected chi connectivity index (χ4v) is 2.36. The lowest BCUT2D eigenvalue weighted by Gasteiger charge is -2.21. The number of rotatable bonds is 6. The van der Waals surface area contributed by atoms with Crippen LogP contribution in [0.15, 0.2) is 34.7 Å². The van der Waals surface area contributed by atoms with Gasteiger partial charge in [0.2, 0.25) is 0 Å². The van der Waals surface area contributed by atoms with Gasteiger partial charge in [0.25, 0.3) is 0 Å². The predicted octanol–water partition coefficient (Wildman–Crippen LogP) is 2.61. The van der Waals surface area contributed by atoms with Gasteiger partial charge in [0.15, 0.2) is 0 Å².